The second-order valence-corrected chi connectivity index (χ2v) is 3.36. The number of anilines is 1. The van der Waals surface area contributed by atoms with Gasteiger partial charge in [0, 0.05) is 13.2 Å². The van der Waals surface area contributed by atoms with E-state index in [9.17, 15) is 0 Å². The molecule has 0 fully saturated rings. The highest BCUT2D eigenvalue weighted by Gasteiger charge is 2.13. The zero-order valence-corrected chi connectivity index (χ0v) is 7.06. The molecular formula is C7H9N3S. The largest absolute Gasteiger partial charge is 0.345 e. The molecule has 3 nitrogen and oxygen atoms in total. The van der Waals surface area contributed by atoms with Crippen LogP contribution in [0.2, 0.25) is 0 Å². The number of pyridine rings is 1. The van der Waals surface area contributed by atoms with E-state index >= 15 is 0 Å². The lowest BCUT2D eigenvalue weighted by atomic mass is 10.4. The van der Waals surface area contributed by atoms with Gasteiger partial charge in [0.05, 0.1) is 11.6 Å². The van der Waals surface area contributed by atoms with E-state index in [1.165, 1.54) is 4.90 Å². The highest BCUT2D eigenvalue weighted by Crippen LogP contribution is 2.27. The van der Waals surface area contributed by atoms with Crippen LogP contribution in [-0.4, -0.2) is 18.7 Å². The molecule has 1 aliphatic heterocycles. The molecule has 1 aliphatic rings. The highest BCUT2D eigenvalue weighted by molar-refractivity contribution is 7.97. The maximum absolute atomic E-state index is 4.27. The Hall–Kier alpha value is -0.740. The summed E-state index contributed by atoms with van der Waals surface area (Å²) >= 11 is 1.64. The fourth-order valence-corrected chi connectivity index (χ4v) is 1.89. The van der Waals surface area contributed by atoms with Crippen LogP contribution in [0.25, 0.3) is 0 Å². The van der Waals surface area contributed by atoms with Crippen LogP contribution in [0.5, 0.6) is 0 Å². The third-order valence-corrected chi connectivity index (χ3v) is 2.41. The summed E-state index contributed by atoms with van der Waals surface area (Å²) in [5.74, 6) is 1.07. The minimum atomic E-state index is 0.856. The molecule has 11 heavy (non-hydrogen) atoms. The predicted molar refractivity (Wildman–Crippen MR) is 46.5 cm³/mol. The van der Waals surface area contributed by atoms with Crippen LogP contribution >= 0.6 is 11.9 Å². The van der Waals surface area contributed by atoms with E-state index in [0.717, 1.165) is 12.5 Å². The second-order valence-electron chi connectivity index (χ2n) is 2.43. The Kier molecular flexibility index (Phi) is 1.71. The van der Waals surface area contributed by atoms with Gasteiger partial charge < -0.3 is 4.90 Å². The molecule has 0 unspecified atom stereocenters. The van der Waals surface area contributed by atoms with Crippen molar-refractivity contribution in [1.29, 1.82) is 0 Å². The first-order chi connectivity index (χ1) is 5.38. The van der Waals surface area contributed by atoms with E-state index in [4.69, 9.17) is 0 Å². The van der Waals surface area contributed by atoms with Crippen molar-refractivity contribution >= 4 is 17.8 Å². The van der Waals surface area contributed by atoms with Gasteiger partial charge >= 0.3 is 0 Å². The lowest BCUT2D eigenvalue weighted by molar-refractivity contribution is 0.829. The Labute approximate surface area is 69.9 Å². The number of fused-ring (bicyclic) bond motifs is 1. The number of nitrogens with one attached hydrogen (secondary N) is 1. The molecule has 4 heteroatoms. The molecule has 0 aromatic carbocycles. The van der Waals surface area contributed by atoms with Crippen molar-refractivity contribution in [3.05, 3.63) is 18.3 Å². The van der Waals surface area contributed by atoms with Crippen molar-refractivity contribution in [3.63, 3.8) is 0 Å². The van der Waals surface area contributed by atoms with E-state index in [2.05, 4.69) is 20.7 Å². The molecule has 1 aromatic heterocycles. The molecule has 2 heterocycles. The monoisotopic (exact) mass is 167 g/mol. The lowest BCUT2D eigenvalue weighted by Gasteiger charge is -2.25. The fraction of sp³-hybridized carbons (Fsp3) is 0.286. The van der Waals surface area contributed by atoms with E-state index in [0.29, 0.717) is 0 Å². The maximum atomic E-state index is 4.27. The Balaban J connectivity index is 2.44. The Morgan fingerprint density at radius 1 is 1.73 bits per heavy atom. The molecule has 2 rings (SSSR count). The summed E-state index contributed by atoms with van der Waals surface area (Å²) in [7, 11) is 2.03. The normalized spacial score (nSPS) is 16.3. The summed E-state index contributed by atoms with van der Waals surface area (Å²) in [6, 6.07) is 4.02. The minimum Gasteiger partial charge on any atom is -0.345 e. The van der Waals surface area contributed by atoms with E-state index in [1.54, 1.807) is 11.9 Å². The van der Waals surface area contributed by atoms with E-state index < -0.39 is 0 Å². The van der Waals surface area contributed by atoms with Crippen molar-refractivity contribution in [2.75, 3.05) is 18.6 Å². The van der Waals surface area contributed by atoms with E-state index in [-0.39, 0.29) is 0 Å². The highest BCUT2D eigenvalue weighted by atomic mass is 32.2. The quantitative estimate of drug-likeness (QED) is 0.585. The zero-order chi connectivity index (χ0) is 7.68. The van der Waals surface area contributed by atoms with Crippen molar-refractivity contribution in [1.82, 2.24) is 9.71 Å². The van der Waals surface area contributed by atoms with Gasteiger partial charge in [-0.1, -0.05) is 0 Å². The first kappa shape index (κ1) is 6.94. The number of aromatic nitrogens is 1. The summed E-state index contributed by atoms with van der Waals surface area (Å²) in [6.07, 6.45) is 1.82. The van der Waals surface area contributed by atoms with Crippen LogP contribution in [0.4, 0.5) is 5.82 Å². The molecule has 0 saturated heterocycles. The zero-order valence-electron chi connectivity index (χ0n) is 6.24. The molecule has 0 spiro atoms. The molecule has 0 bridgehead atoms. The topological polar surface area (TPSA) is 28.2 Å². The van der Waals surface area contributed by atoms with Gasteiger partial charge in [0.1, 0.15) is 5.82 Å². The van der Waals surface area contributed by atoms with Crippen molar-refractivity contribution in [3.8, 4) is 0 Å². The van der Waals surface area contributed by atoms with Gasteiger partial charge in [-0.25, -0.2) is 9.71 Å². The maximum Gasteiger partial charge on any atom is 0.144 e. The van der Waals surface area contributed by atoms with E-state index in [1.807, 2.05) is 19.3 Å². The van der Waals surface area contributed by atoms with Gasteiger partial charge in [-0.2, -0.15) is 0 Å². The summed E-state index contributed by atoms with van der Waals surface area (Å²) in [4.78, 5) is 7.55. The second kappa shape index (κ2) is 2.71. The molecule has 0 amide bonds. The van der Waals surface area contributed by atoms with Crippen LogP contribution < -0.4 is 9.62 Å². The summed E-state index contributed by atoms with van der Waals surface area (Å²) in [5, 5.41) is 0. The van der Waals surface area contributed by atoms with Crippen LogP contribution in [0.3, 0.4) is 0 Å². The SMILES string of the molecule is CN1CNSc2cccnc21. The van der Waals surface area contributed by atoms with Crippen LogP contribution in [-0.2, 0) is 0 Å². The van der Waals surface area contributed by atoms with Crippen LogP contribution in [0.1, 0.15) is 0 Å². The fourth-order valence-electron chi connectivity index (χ4n) is 1.03. The number of nitrogens with zero attached hydrogens (tertiary/aromatic N) is 2. The number of hydrogen-bond donors (Lipinski definition) is 1. The summed E-state index contributed by atoms with van der Waals surface area (Å²) < 4.78 is 3.19. The molecule has 0 atom stereocenters. The number of hydrogen-bond acceptors (Lipinski definition) is 4. The summed E-state index contributed by atoms with van der Waals surface area (Å²) in [6.45, 7) is 0.856. The third-order valence-electron chi connectivity index (χ3n) is 1.60. The Morgan fingerprint density at radius 2 is 2.64 bits per heavy atom. The molecule has 0 aliphatic carbocycles. The molecule has 1 aromatic rings. The van der Waals surface area contributed by atoms with Gasteiger partial charge in [0.15, 0.2) is 0 Å². The first-order valence-corrected chi connectivity index (χ1v) is 4.25. The molecule has 1 N–H and O–H groups in total. The molecular weight excluding hydrogens is 158 g/mol. The molecule has 58 valence electrons. The standard InChI is InChI=1S/C7H9N3S/c1-10-5-9-11-6-3-2-4-8-7(6)10/h2-4,9H,5H2,1H3. The van der Waals surface area contributed by atoms with Crippen LogP contribution in [0, 0.1) is 0 Å². The number of rotatable bonds is 0. The predicted octanol–water partition coefficient (Wildman–Crippen LogP) is 1.09. The van der Waals surface area contributed by atoms with Gasteiger partial charge in [-0.05, 0) is 24.1 Å². The Bertz CT molecular complexity index is 264. The third kappa shape index (κ3) is 1.19. The van der Waals surface area contributed by atoms with Crippen LogP contribution in [0.15, 0.2) is 23.2 Å². The average Bonchev–Trinajstić information content (AvgIpc) is 2.06. The van der Waals surface area contributed by atoms with Crippen molar-refractivity contribution < 1.29 is 0 Å². The lowest BCUT2D eigenvalue weighted by Crippen LogP contribution is -2.31. The van der Waals surface area contributed by atoms with Gasteiger partial charge in [0.25, 0.3) is 0 Å². The van der Waals surface area contributed by atoms with Crippen molar-refractivity contribution in [2.45, 2.75) is 4.90 Å². The van der Waals surface area contributed by atoms with Gasteiger partial charge in [-0.3, -0.25) is 0 Å². The van der Waals surface area contributed by atoms with Gasteiger partial charge in [-0.15, -0.1) is 0 Å². The Morgan fingerprint density at radius 3 is 3.45 bits per heavy atom. The smallest absolute Gasteiger partial charge is 0.144 e. The average molecular weight is 167 g/mol. The first-order valence-electron chi connectivity index (χ1n) is 3.44. The minimum absolute atomic E-state index is 0.856. The van der Waals surface area contributed by atoms with Crippen molar-refractivity contribution in [2.24, 2.45) is 0 Å². The van der Waals surface area contributed by atoms with Gasteiger partial charge in [0.2, 0.25) is 0 Å². The molecule has 0 saturated carbocycles. The summed E-state index contributed by atoms with van der Waals surface area (Å²) in [5.41, 5.74) is 0. The molecule has 0 radical (unpaired) electrons.